The van der Waals surface area contributed by atoms with Crippen LogP contribution in [0.15, 0.2) is 200 Å². The minimum Gasteiger partial charge on any atom is -0.316 e. The summed E-state index contributed by atoms with van der Waals surface area (Å²) in [6, 6.07) is 69.1. The Morgan fingerprint density at radius 3 is 1.67 bits per heavy atom. The monoisotopic (exact) mass is 727 g/mol. The van der Waals surface area contributed by atoms with E-state index in [-0.39, 0.29) is 0 Å². The zero-order valence-corrected chi connectivity index (χ0v) is 30.8. The van der Waals surface area contributed by atoms with Crippen LogP contribution in [0.5, 0.6) is 0 Å². The van der Waals surface area contributed by atoms with Gasteiger partial charge in [-0.3, -0.25) is 4.57 Å². The second-order valence-electron chi connectivity index (χ2n) is 14.7. The van der Waals surface area contributed by atoms with E-state index in [4.69, 9.17) is 9.97 Å². The third-order valence-corrected chi connectivity index (χ3v) is 11.5. The summed E-state index contributed by atoms with van der Waals surface area (Å²) in [6.45, 7) is 0. The predicted molar refractivity (Wildman–Crippen MR) is 236 cm³/mol. The lowest BCUT2D eigenvalue weighted by Gasteiger charge is -2.12. The molecule has 8 aromatic carbocycles. The van der Waals surface area contributed by atoms with Gasteiger partial charge in [0.05, 0.1) is 38.8 Å². The lowest BCUT2D eigenvalue weighted by molar-refractivity contribution is 1.02. The molecule has 0 aliphatic carbocycles. The molecule has 4 heterocycles. The van der Waals surface area contributed by atoms with Crippen molar-refractivity contribution >= 4 is 65.4 Å². The van der Waals surface area contributed by atoms with Crippen LogP contribution in [0.2, 0.25) is 0 Å². The molecule has 0 aliphatic heterocycles. The smallest absolute Gasteiger partial charge is 0.235 e. The molecule has 0 N–H and O–H groups in total. The molecule has 0 saturated heterocycles. The lowest BCUT2D eigenvalue weighted by atomic mass is 10.0. The van der Waals surface area contributed by atoms with Crippen molar-refractivity contribution in [2.24, 2.45) is 0 Å². The fourth-order valence-electron chi connectivity index (χ4n) is 8.92. The largest absolute Gasteiger partial charge is 0.316 e. The van der Waals surface area contributed by atoms with Crippen molar-refractivity contribution in [2.75, 3.05) is 0 Å². The Labute approximate surface area is 328 Å². The Balaban J connectivity index is 1.12. The molecule has 4 aromatic heterocycles. The van der Waals surface area contributed by atoms with Gasteiger partial charge in [0.1, 0.15) is 0 Å². The summed E-state index contributed by atoms with van der Waals surface area (Å²) >= 11 is 0. The van der Waals surface area contributed by atoms with Crippen LogP contribution in [0.3, 0.4) is 0 Å². The van der Waals surface area contributed by atoms with E-state index < -0.39 is 0 Å². The molecule has 12 aromatic rings. The highest BCUT2D eigenvalue weighted by Gasteiger charge is 2.21. The van der Waals surface area contributed by atoms with Crippen LogP contribution in [0.1, 0.15) is 0 Å². The van der Waals surface area contributed by atoms with Crippen LogP contribution in [-0.4, -0.2) is 23.7 Å². The Hall–Kier alpha value is -7.76. The van der Waals surface area contributed by atoms with Gasteiger partial charge in [-0.05, 0) is 83.9 Å². The van der Waals surface area contributed by atoms with Gasteiger partial charge in [-0.2, -0.15) is 0 Å². The van der Waals surface area contributed by atoms with Gasteiger partial charge >= 0.3 is 0 Å². The molecule has 5 nitrogen and oxygen atoms in total. The molecule has 57 heavy (non-hydrogen) atoms. The van der Waals surface area contributed by atoms with Crippen molar-refractivity contribution in [1.29, 1.82) is 0 Å². The van der Waals surface area contributed by atoms with E-state index in [9.17, 15) is 0 Å². The summed E-state index contributed by atoms with van der Waals surface area (Å²) in [5.41, 5.74) is 13.2. The quantitative estimate of drug-likeness (QED) is 0.177. The molecule has 0 radical (unpaired) electrons. The molecule has 0 amide bonds. The molecule has 0 bridgehead atoms. The minimum absolute atomic E-state index is 0.649. The van der Waals surface area contributed by atoms with E-state index in [1.54, 1.807) is 0 Å². The number of benzene rings is 8. The number of nitrogens with zero attached hydrogens (tertiary/aromatic N) is 5. The van der Waals surface area contributed by atoms with E-state index >= 15 is 0 Å². The highest BCUT2D eigenvalue weighted by Crippen LogP contribution is 2.41. The molecule has 0 atom stereocenters. The summed E-state index contributed by atoms with van der Waals surface area (Å²) in [5.74, 6) is 0.649. The molecule has 0 spiro atoms. The van der Waals surface area contributed by atoms with E-state index in [0.29, 0.717) is 5.95 Å². The SMILES string of the molecule is c1ccc(-c2nc(-n3c4ccc(-c5ccc6c(c5)c5ccccc5n6-c5ccccc5)cc4c4ccc5c(ccn5-c5ccccc5)c43)nc3ccccc23)cc1. The van der Waals surface area contributed by atoms with E-state index in [2.05, 4.69) is 208 Å². The van der Waals surface area contributed by atoms with Gasteiger partial charge in [0.2, 0.25) is 5.95 Å². The standard InChI is InChI=1S/C52H33N5/c1-4-14-34(15-5-1)50-41-21-10-12-22-45(41)53-52(54-50)57-49-28-25-36(33-44(49)40-26-29-46-42(51(40)57)30-31-55(46)37-16-6-2-7-17-37)35-24-27-48-43(32-35)39-20-11-13-23-47(39)56(48)38-18-8-3-9-19-38/h1-33H. The van der Waals surface area contributed by atoms with Crippen LogP contribution in [0.4, 0.5) is 0 Å². The van der Waals surface area contributed by atoms with Crippen LogP contribution >= 0.6 is 0 Å². The van der Waals surface area contributed by atoms with Gasteiger partial charge in [-0.1, -0.05) is 121 Å². The first-order valence-electron chi connectivity index (χ1n) is 19.3. The van der Waals surface area contributed by atoms with Crippen molar-refractivity contribution in [3.8, 4) is 39.7 Å². The maximum Gasteiger partial charge on any atom is 0.235 e. The van der Waals surface area contributed by atoms with Crippen LogP contribution in [0.25, 0.3) is 105 Å². The summed E-state index contributed by atoms with van der Waals surface area (Å²) in [5, 5.41) is 6.95. The molecule has 0 fully saturated rings. The van der Waals surface area contributed by atoms with Crippen molar-refractivity contribution in [3.63, 3.8) is 0 Å². The first-order valence-corrected chi connectivity index (χ1v) is 19.3. The number of aromatic nitrogens is 5. The Morgan fingerprint density at radius 1 is 0.333 bits per heavy atom. The molecule has 0 unspecified atom stereocenters. The number of fused-ring (bicyclic) bond motifs is 9. The summed E-state index contributed by atoms with van der Waals surface area (Å²) < 4.78 is 6.91. The van der Waals surface area contributed by atoms with Crippen molar-refractivity contribution in [3.05, 3.63) is 200 Å². The first-order chi connectivity index (χ1) is 28.3. The average Bonchev–Trinajstić information content (AvgIpc) is 3.97. The van der Waals surface area contributed by atoms with Crippen molar-refractivity contribution in [2.45, 2.75) is 0 Å². The highest BCUT2D eigenvalue weighted by atomic mass is 15.2. The van der Waals surface area contributed by atoms with Crippen LogP contribution in [-0.2, 0) is 0 Å². The van der Waals surface area contributed by atoms with E-state index in [0.717, 1.165) is 71.8 Å². The normalized spacial score (nSPS) is 11.9. The molecular formula is C52H33N5. The average molecular weight is 728 g/mol. The Morgan fingerprint density at radius 2 is 0.912 bits per heavy atom. The van der Waals surface area contributed by atoms with E-state index in [1.165, 1.54) is 27.4 Å². The van der Waals surface area contributed by atoms with Gasteiger partial charge in [-0.15, -0.1) is 0 Å². The molecule has 266 valence electrons. The molecule has 0 aliphatic rings. The highest BCUT2D eigenvalue weighted by molar-refractivity contribution is 6.19. The summed E-state index contributed by atoms with van der Waals surface area (Å²) in [4.78, 5) is 10.7. The van der Waals surface area contributed by atoms with Gasteiger partial charge < -0.3 is 9.13 Å². The van der Waals surface area contributed by atoms with Gasteiger partial charge in [0, 0.05) is 55.5 Å². The van der Waals surface area contributed by atoms with Gasteiger partial charge in [0.25, 0.3) is 0 Å². The van der Waals surface area contributed by atoms with Crippen LogP contribution in [0, 0.1) is 0 Å². The Kier molecular flexibility index (Phi) is 6.86. The summed E-state index contributed by atoms with van der Waals surface area (Å²) in [7, 11) is 0. The summed E-state index contributed by atoms with van der Waals surface area (Å²) in [6.07, 6.45) is 2.17. The molecule has 0 saturated carbocycles. The molecular weight excluding hydrogens is 695 g/mol. The van der Waals surface area contributed by atoms with Gasteiger partial charge in [-0.25, -0.2) is 9.97 Å². The molecule has 5 heteroatoms. The number of hydrogen-bond acceptors (Lipinski definition) is 2. The fraction of sp³-hybridized carbons (Fsp3) is 0. The topological polar surface area (TPSA) is 40.6 Å². The third kappa shape index (κ3) is 4.82. The first kappa shape index (κ1) is 31.6. The number of rotatable bonds is 5. The Bertz CT molecular complexity index is 3500. The lowest BCUT2D eigenvalue weighted by Crippen LogP contribution is -2.03. The van der Waals surface area contributed by atoms with Gasteiger partial charge in [0.15, 0.2) is 0 Å². The fourth-order valence-corrected chi connectivity index (χ4v) is 8.92. The maximum absolute atomic E-state index is 5.40. The third-order valence-electron chi connectivity index (χ3n) is 11.5. The van der Waals surface area contributed by atoms with Crippen LogP contribution < -0.4 is 0 Å². The zero-order chi connectivity index (χ0) is 37.5. The number of hydrogen-bond donors (Lipinski definition) is 0. The maximum atomic E-state index is 5.40. The van der Waals surface area contributed by atoms with Crippen molar-refractivity contribution in [1.82, 2.24) is 23.7 Å². The zero-order valence-electron chi connectivity index (χ0n) is 30.8. The predicted octanol–water partition coefficient (Wildman–Crippen LogP) is 13.1. The number of para-hydroxylation sites is 4. The van der Waals surface area contributed by atoms with E-state index in [1.807, 2.05) is 6.07 Å². The molecule has 12 rings (SSSR count). The minimum atomic E-state index is 0.649. The second kappa shape index (κ2) is 12.4. The second-order valence-corrected chi connectivity index (χ2v) is 14.7. The van der Waals surface area contributed by atoms with Crippen molar-refractivity contribution < 1.29 is 0 Å².